The van der Waals surface area contributed by atoms with Crippen molar-refractivity contribution in [3.05, 3.63) is 21.9 Å². The molecule has 1 heterocycles. The maximum Gasteiger partial charge on any atom is 0.242 e. The van der Waals surface area contributed by atoms with Crippen molar-refractivity contribution in [3.63, 3.8) is 0 Å². The van der Waals surface area contributed by atoms with Crippen LogP contribution in [0.5, 0.6) is 0 Å². The molecule has 10 nitrogen and oxygen atoms in total. The summed E-state index contributed by atoms with van der Waals surface area (Å²) in [6.07, 6.45) is 6.94. The van der Waals surface area contributed by atoms with Crippen molar-refractivity contribution >= 4 is 29.1 Å². The minimum absolute atomic E-state index is 0.000285. The molecule has 0 aliphatic heterocycles. The highest BCUT2D eigenvalue weighted by molar-refractivity contribution is 7.11. The molecule has 188 valence electrons. The first-order chi connectivity index (χ1) is 15.9. The third-order valence-corrected chi connectivity index (χ3v) is 6.35. The molecule has 1 aromatic rings. The number of hydrogen-bond acceptors (Lipinski definition) is 7. The molecule has 0 unspecified atom stereocenters. The number of nitrogens with zero attached hydrogens (tertiary/aromatic N) is 1. The second-order valence-electron chi connectivity index (χ2n) is 8.06. The van der Waals surface area contributed by atoms with Gasteiger partial charge in [-0.25, -0.2) is 0 Å². The number of carbonyl (C=O) groups is 2. The topological polar surface area (TPSA) is 201 Å². The molecule has 0 fully saturated rings. The summed E-state index contributed by atoms with van der Waals surface area (Å²) >= 11 is 1.76. The highest BCUT2D eigenvalue weighted by atomic mass is 32.1. The lowest BCUT2D eigenvalue weighted by atomic mass is 10.1. The molecule has 0 radical (unpaired) electrons. The highest BCUT2D eigenvalue weighted by Gasteiger charge is 2.23. The third kappa shape index (κ3) is 13.2. The Morgan fingerprint density at radius 3 is 2.24 bits per heavy atom. The number of nitrogens with two attached hydrogens (primary N) is 5. The SMILES string of the molecule is NCCCCc1ccc(CCNC(=O)[C@H](CCCN=C(N)N)NC(=O)[C@H](N)CCCCN)s1. The Balaban J connectivity index is 2.55. The monoisotopic (exact) mass is 482 g/mol. The minimum Gasteiger partial charge on any atom is -0.370 e. The number of guanidine groups is 1. The van der Waals surface area contributed by atoms with Crippen LogP contribution < -0.4 is 39.3 Å². The second-order valence-corrected chi connectivity index (χ2v) is 9.31. The van der Waals surface area contributed by atoms with Gasteiger partial charge in [-0.2, -0.15) is 0 Å². The zero-order valence-electron chi connectivity index (χ0n) is 19.6. The molecule has 33 heavy (non-hydrogen) atoms. The second kappa shape index (κ2) is 17.3. The van der Waals surface area contributed by atoms with Crippen molar-refractivity contribution in [1.82, 2.24) is 10.6 Å². The van der Waals surface area contributed by atoms with Gasteiger partial charge in [-0.05, 0) is 76.6 Å². The zero-order chi connectivity index (χ0) is 24.5. The van der Waals surface area contributed by atoms with Gasteiger partial charge in [0.1, 0.15) is 6.04 Å². The van der Waals surface area contributed by atoms with E-state index in [0.717, 1.165) is 38.5 Å². The van der Waals surface area contributed by atoms with Gasteiger partial charge < -0.3 is 39.3 Å². The van der Waals surface area contributed by atoms with Crippen molar-refractivity contribution in [2.75, 3.05) is 26.2 Å². The molecule has 0 aliphatic rings. The van der Waals surface area contributed by atoms with Crippen LogP contribution >= 0.6 is 11.3 Å². The van der Waals surface area contributed by atoms with E-state index in [0.29, 0.717) is 45.4 Å². The lowest BCUT2D eigenvalue weighted by molar-refractivity contribution is -0.129. The smallest absolute Gasteiger partial charge is 0.242 e. The van der Waals surface area contributed by atoms with E-state index in [1.165, 1.54) is 9.75 Å². The maximum absolute atomic E-state index is 12.8. The van der Waals surface area contributed by atoms with Gasteiger partial charge in [0.25, 0.3) is 0 Å². The Hall–Kier alpha value is -2.21. The lowest BCUT2D eigenvalue weighted by Gasteiger charge is -2.20. The fourth-order valence-corrected chi connectivity index (χ4v) is 4.32. The Kier molecular flexibility index (Phi) is 15.1. The van der Waals surface area contributed by atoms with E-state index in [4.69, 9.17) is 28.7 Å². The molecule has 0 spiro atoms. The molecule has 1 aromatic heterocycles. The summed E-state index contributed by atoms with van der Waals surface area (Å²) in [6, 6.07) is 2.87. The van der Waals surface area contributed by atoms with Crippen molar-refractivity contribution in [2.24, 2.45) is 33.7 Å². The van der Waals surface area contributed by atoms with E-state index < -0.39 is 12.1 Å². The molecule has 0 saturated carbocycles. The van der Waals surface area contributed by atoms with Gasteiger partial charge >= 0.3 is 0 Å². The number of hydrogen-bond donors (Lipinski definition) is 7. The summed E-state index contributed by atoms with van der Waals surface area (Å²) in [7, 11) is 0. The van der Waals surface area contributed by atoms with Crippen LogP contribution in [-0.4, -0.2) is 56.0 Å². The molecular formula is C22H42N8O2S. The normalized spacial score (nSPS) is 12.7. The molecule has 2 atom stereocenters. The highest BCUT2D eigenvalue weighted by Crippen LogP contribution is 2.18. The van der Waals surface area contributed by atoms with Crippen molar-refractivity contribution < 1.29 is 9.59 Å². The number of aliphatic imine (C=N–C) groups is 1. The van der Waals surface area contributed by atoms with Crippen LogP contribution in [0.1, 0.15) is 54.7 Å². The number of aryl methyl sites for hydroxylation is 1. The molecule has 11 heteroatoms. The number of amides is 2. The van der Waals surface area contributed by atoms with E-state index in [1.807, 2.05) is 0 Å². The van der Waals surface area contributed by atoms with E-state index in [9.17, 15) is 9.59 Å². The Morgan fingerprint density at radius 1 is 0.909 bits per heavy atom. The van der Waals surface area contributed by atoms with E-state index in [2.05, 4.69) is 27.8 Å². The molecule has 12 N–H and O–H groups in total. The summed E-state index contributed by atoms with van der Waals surface area (Å²) in [6.45, 7) is 2.15. The Morgan fingerprint density at radius 2 is 1.58 bits per heavy atom. The first-order valence-electron chi connectivity index (χ1n) is 11.7. The van der Waals surface area contributed by atoms with Crippen molar-refractivity contribution in [1.29, 1.82) is 0 Å². The van der Waals surface area contributed by atoms with Gasteiger partial charge in [-0.1, -0.05) is 6.42 Å². The molecule has 0 aromatic carbocycles. The first kappa shape index (κ1) is 28.8. The molecule has 1 rings (SSSR count). The first-order valence-corrected chi connectivity index (χ1v) is 12.6. The van der Waals surface area contributed by atoms with Gasteiger partial charge in [0.15, 0.2) is 5.96 Å². The average molecular weight is 483 g/mol. The lowest BCUT2D eigenvalue weighted by Crippen LogP contribution is -2.51. The third-order valence-electron chi connectivity index (χ3n) is 5.15. The average Bonchev–Trinajstić information content (AvgIpc) is 3.23. The Bertz CT molecular complexity index is 721. The maximum atomic E-state index is 12.8. The van der Waals surface area contributed by atoms with Gasteiger partial charge in [0.05, 0.1) is 6.04 Å². The van der Waals surface area contributed by atoms with Crippen LogP contribution in [0.2, 0.25) is 0 Å². The number of carbonyl (C=O) groups excluding carboxylic acids is 2. The molecule has 2 amide bonds. The summed E-state index contributed by atoms with van der Waals surface area (Å²) < 4.78 is 0. The van der Waals surface area contributed by atoms with Gasteiger partial charge in [-0.3, -0.25) is 14.6 Å². The minimum atomic E-state index is -0.692. The van der Waals surface area contributed by atoms with Crippen LogP contribution in [0.4, 0.5) is 0 Å². The fourth-order valence-electron chi connectivity index (χ4n) is 3.26. The summed E-state index contributed by atoms with van der Waals surface area (Å²) in [5.41, 5.74) is 27.7. The van der Waals surface area contributed by atoms with Gasteiger partial charge in [-0.15, -0.1) is 11.3 Å². The van der Waals surface area contributed by atoms with Crippen LogP contribution in [0.25, 0.3) is 0 Å². The predicted octanol–water partition coefficient (Wildman–Crippen LogP) is -0.317. The number of unbranched alkanes of at least 4 members (excludes halogenated alkanes) is 2. The van der Waals surface area contributed by atoms with Crippen molar-refractivity contribution in [3.8, 4) is 0 Å². The standard InChI is InChI=1S/C22H42N8O2S/c23-12-3-1-6-16-9-10-17(33-16)11-15-28-21(32)19(8-5-14-29-22(26)27)30-20(31)18(25)7-2-4-13-24/h9-10,18-19H,1-8,11-15,23-25H2,(H,28,32)(H,30,31)(H4,26,27,29)/t18-,19+/m1/s1. The van der Waals surface area contributed by atoms with E-state index in [-0.39, 0.29) is 17.8 Å². The van der Waals surface area contributed by atoms with Gasteiger partial charge in [0.2, 0.25) is 11.8 Å². The summed E-state index contributed by atoms with van der Waals surface area (Å²) in [5, 5.41) is 5.72. The zero-order valence-corrected chi connectivity index (χ0v) is 20.4. The van der Waals surface area contributed by atoms with E-state index in [1.54, 1.807) is 11.3 Å². The molecule has 0 bridgehead atoms. The Labute approximate surface area is 201 Å². The number of rotatable bonds is 18. The molecular weight excluding hydrogens is 440 g/mol. The largest absolute Gasteiger partial charge is 0.370 e. The fraction of sp³-hybridized carbons (Fsp3) is 0.682. The van der Waals surface area contributed by atoms with Crippen molar-refractivity contribution in [2.45, 2.75) is 69.9 Å². The molecule has 0 aliphatic carbocycles. The number of thiophene rings is 1. The summed E-state index contributed by atoms with van der Waals surface area (Å²) in [4.78, 5) is 31.7. The molecule has 0 saturated heterocycles. The number of nitrogens with one attached hydrogen (secondary N) is 2. The quantitative estimate of drug-likeness (QED) is 0.0843. The predicted molar refractivity (Wildman–Crippen MR) is 136 cm³/mol. The van der Waals surface area contributed by atoms with Gasteiger partial charge in [0, 0.05) is 22.8 Å². The van der Waals surface area contributed by atoms with Crippen LogP contribution in [0.3, 0.4) is 0 Å². The van der Waals surface area contributed by atoms with Crippen LogP contribution in [0, 0.1) is 0 Å². The van der Waals surface area contributed by atoms with Crippen LogP contribution in [-0.2, 0) is 22.4 Å². The summed E-state index contributed by atoms with van der Waals surface area (Å²) in [5.74, 6) is -0.573. The van der Waals surface area contributed by atoms with Crippen LogP contribution in [0.15, 0.2) is 17.1 Å². The van der Waals surface area contributed by atoms with E-state index >= 15 is 0 Å².